The zero-order valence-electron chi connectivity index (χ0n) is 23.8. The second-order valence-corrected chi connectivity index (χ2v) is 12.1. The minimum Gasteiger partial charge on any atom is -0.455 e. The van der Waals surface area contributed by atoms with E-state index >= 15 is 0 Å². The van der Waals surface area contributed by atoms with Crippen molar-refractivity contribution in [2.24, 2.45) is 0 Å². The second-order valence-electron chi connectivity index (χ2n) is 11.7. The summed E-state index contributed by atoms with van der Waals surface area (Å²) in [7, 11) is 0. The van der Waals surface area contributed by atoms with Crippen LogP contribution in [0.2, 0.25) is 5.02 Å². The summed E-state index contributed by atoms with van der Waals surface area (Å²) in [6.07, 6.45) is 2.34. The van der Waals surface area contributed by atoms with Crippen LogP contribution in [0.4, 0.5) is 0 Å². The fourth-order valence-corrected chi connectivity index (χ4v) is 7.19. The molecule has 210 valence electrons. The van der Waals surface area contributed by atoms with Gasteiger partial charge in [0.2, 0.25) is 0 Å². The van der Waals surface area contributed by atoms with Crippen molar-refractivity contribution >= 4 is 49.9 Å². The monoisotopic (exact) mass is 595 g/mol. The molecule has 0 bridgehead atoms. The van der Waals surface area contributed by atoms with Gasteiger partial charge in [0.05, 0.1) is 5.02 Å². The van der Waals surface area contributed by atoms with Gasteiger partial charge in [0, 0.05) is 38.8 Å². The van der Waals surface area contributed by atoms with Crippen molar-refractivity contribution in [2.45, 2.75) is 5.92 Å². The number of nitrogens with zero attached hydrogens (tertiary/aromatic N) is 3. The number of allylic oxidation sites excluding steroid dienone is 2. The standard InChI is InChI=1S/C40H22ClN3O/c41-34-20-31-28-18-17-22-9-4-5-12-24(22)37(28)45-35(31)21-33(34)40-43-38(23-10-2-1-3-11-23)42-39(44-40)29-16-8-15-27-25-13-6-7-14-26(25)30-19-32(30)36(27)29/h1-21,30H. The molecule has 0 saturated heterocycles. The lowest BCUT2D eigenvalue weighted by Crippen LogP contribution is -2.04. The van der Waals surface area contributed by atoms with Gasteiger partial charge in [-0.05, 0) is 51.4 Å². The first-order valence-corrected chi connectivity index (χ1v) is 15.4. The predicted octanol–water partition coefficient (Wildman–Crippen LogP) is 10.7. The average Bonchev–Trinajstić information content (AvgIpc) is 3.83. The zero-order chi connectivity index (χ0) is 29.6. The van der Waals surface area contributed by atoms with Crippen LogP contribution in [-0.4, -0.2) is 15.0 Å². The molecule has 6 aromatic carbocycles. The van der Waals surface area contributed by atoms with Gasteiger partial charge in [-0.3, -0.25) is 0 Å². The summed E-state index contributed by atoms with van der Waals surface area (Å²) in [4.78, 5) is 15.2. The van der Waals surface area contributed by atoms with Gasteiger partial charge in [-0.1, -0.05) is 121 Å². The number of rotatable bonds is 3. The highest BCUT2D eigenvalue weighted by atomic mass is 35.5. The van der Waals surface area contributed by atoms with Gasteiger partial charge in [-0.25, -0.2) is 15.0 Å². The molecule has 1 atom stereocenters. The lowest BCUT2D eigenvalue weighted by molar-refractivity contribution is 0.673. The van der Waals surface area contributed by atoms with Crippen molar-refractivity contribution in [1.29, 1.82) is 0 Å². The molecule has 4 nitrogen and oxygen atoms in total. The van der Waals surface area contributed by atoms with Crippen LogP contribution < -0.4 is 0 Å². The quantitative estimate of drug-likeness (QED) is 0.204. The van der Waals surface area contributed by atoms with Crippen molar-refractivity contribution in [1.82, 2.24) is 15.0 Å². The Hall–Kier alpha value is -5.58. The molecule has 2 heterocycles. The molecule has 0 spiro atoms. The van der Waals surface area contributed by atoms with Gasteiger partial charge in [0.25, 0.3) is 0 Å². The van der Waals surface area contributed by atoms with Gasteiger partial charge < -0.3 is 4.42 Å². The van der Waals surface area contributed by atoms with E-state index in [-0.39, 0.29) is 0 Å². The number of hydrogen-bond acceptors (Lipinski definition) is 4. The van der Waals surface area contributed by atoms with Gasteiger partial charge >= 0.3 is 0 Å². The molecular formula is C40H22ClN3O. The van der Waals surface area contributed by atoms with Crippen LogP contribution in [0.25, 0.3) is 83.6 Å². The summed E-state index contributed by atoms with van der Waals surface area (Å²) < 4.78 is 6.50. The predicted molar refractivity (Wildman–Crippen MR) is 182 cm³/mol. The number of aromatic nitrogens is 3. The third kappa shape index (κ3) is 3.70. The molecule has 0 saturated carbocycles. The molecule has 2 aliphatic rings. The molecule has 0 radical (unpaired) electrons. The second kappa shape index (κ2) is 9.21. The first-order chi connectivity index (χ1) is 22.2. The van der Waals surface area contributed by atoms with Gasteiger partial charge in [-0.15, -0.1) is 0 Å². The van der Waals surface area contributed by atoms with Crippen LogP contribution in [0, 0.1) is 0 Å². The Labute approximate surface area is 263 Å². The molecule has 2 aromatic heterocycles. The topological polar surface area (TPSA) is 51.8 Å². The molecule has 2 aliphatic carbocycles. The van der Waals surface area contributed by atoms with Crippen LogP contribution in [0.15, 0.2) is 132 Å². The van der Waals surface area contributed by atoms with Crippen molar-refractivity contribution in [3.05, 3.63) is 144 Å². The third-order valence-corrected chi connectivity index (χ3v) is 9.42. The molecule has 5 heteroatoms. The maximum absolute atomic E-state index is 7.06. The van der Waals surface area contributed by atoms with E-state index in [1.807, 2.05) is 54.6 Å². The Balaban J connectivity index is 1.21. The van der Waals surface area contributed by atoms with Gasteiger partial charge in [-0.2, -0.15) is 0 Å². The Morgan fingerprint density at radius 2 is 1.29 bits per heavy atom. The fraction of sp³-hybridized carbons (Fsp3) is 0.0250. The summed E-state index contributed by atoms with van der Waals surface area (Å²) in [6.45, 7) is 0. The summed E-state index contributed by atoms with van der Waals surface area (Å²) in [5.41, 5.74) is 10.5. The van der Waals surface area contributed by atoms with Crippen molar-refractivity contribution in [2.75, 3.05) is 0 Å². The van der Waals surface area contributed by atoms with E-state index in [9.17, 15) is 0 Å². The highest BCUT2D eigenvalue weighted by Crippen LogP contribution is 2.58. The summed E-state index contributed by atoms with van der Waals surface area (Å²) >= 11 is 7.06. The fourth-order valence-electron chi connectivity index (χ4n) is 6.94. The molecule has 0 N–H and O–H groups in total. The number of halogens is 1. The van der Waals surface area contributed by atoms with Crippen molar-refractivity contribution in [3.63, 3.8) is 0 Å². The average molecular weight is 596 g/mol. The highest BCUT2D eigenvalue weighted by Gasteiger charge is 2.38. The molecule has 45 heavy (non-hydrogen) atoms. The molecule has 1 unspecified atom stereocenters. The number of benzene rings is 6. The lowest BCUT2D eigenvalue weighted by Gasteiger charge is -2.21. The maximum Gasteiger partial charge on any atom is 0.165 e. The largest absolute Gasteiger partial charge is 0.455 e. The Bertz CT molecular complexity index is 2570. The minimum atomic E-state index is 0.339. The van der Waals surface area contributed by atoms with E-state index in [0.29, 0.717) is 34.0 Å². The van der Waals surface area contributed by atoms with E-state index in [1.54, 1.807) is 0 Å². The smallest absolute Gasteiger partial charge is 0.165 e. The van der Waals surface area contributed by atoms with Crippen LogP contribution >= 0.6 is 11.6 Å². The molecule has 0 amide bonds. The summed E-state index contributed by atoms with van der Waals surface area (Å²) in [5, 5.41) is 4.75. The van der Waals surface area contributed by atoms with E-state index in [4.69, 9.17) is 31.0 Å². The Morgan fingerprint density at radius 1 is 0.556 bits per heavy atom. The van der Waals surface area contributed by atoms with Crippen LogP contribution in [0.1, 0.15) is 17.0 Å². The molecule has 10 rings (SSSR count). The van der Waals surface area contributed by atoms with Crippen LogP contribution in [0.5, 0.6) is 0 Å². The molecule has 8 aromatic rings. The number of fused-ring (bicyclic) bond motifs is 11. The van der Waals surface area contributed by atoms with Gasteiger partial charge in [0.15, 0.2) is 17.5 Å². The number of furan rings is 1. The molecule has 0 fully saturated rings. The van der Waals surface area contributed by atoms with Crippen LogP contribution in [0.3, 0.4) is 0 Å². The van der Waals surface area contributed by atoms with E-state index < -0.39 is 0 Å². The summed E-state index contributed by atoms with van der Waals surface area (Å²) in [5.74, 6) is 2.06. The van der Waals surface area contributed by atoms with E-state index in [1.165, 1.54) is 27.8 Å². The van der Waals surface area contributed by atoms with E-state index in [0.717, 1.165) is 43.8 Å². The SMILES string of the molecule is Clc1cc2c(cc1-c1nc(-c3ccccc3)nc(-c3cccc4c3C3=CC3c3ccccc3-4)n1)oc1c3ccccc3ccc21. The normalized spacial score (nSPS) is 14.7. The maximum atomic E-state index is 7.06. The Kier molecular flexibility index (Phi) is 5.08. The first-order valence-electron chi connectivity index (χ1n) is 15.0. The lowest BCUT2D eigenvalue weighted by atomic mass is 9.83. The van der Waals surface area contributed by atoms with Crippen molar-refractivity contribution in [3.8, 4) is 45.3 Å². The summed E-state index contributed by atoms with van der Waals surface area (Å²) in [6, 6.07) is 41.5. The van der Waals surface area contributed by atoms with Crippen LogP contribution in [-0.2, 0) is 0 Å². The number of hydrogen-bond donors (Lipinski definition) is 0. The first kappa shape index (κ1) is 24.8. The van der Waals surface area contributed by atoms with Crippen molar-refractivity contribution < 1.29 is 4.42 Å². The minimum absolute atomic E-state index is 0.339. The third-order valence-electron chi connectivity index (χ3n) is 9.11. The molecular weight excluding hydrogens is 574 g/mol. The zero-order valence-corrected chi connectivity index (χ0v) is 24.6. The highest BCUT2D eigenvalue weighted by molar-refractivity contribution is 6.34. The Morgan fingerprint density at radius 3 is 2.20 bits per heavy atom. The van der Waals surface area contributed by atoms with E-state index in [2.05, 4.69) is 72.8 Å². The van der Waals surface area contributed by atoms with Gasteiger partial charge in [0.1, 0.15) is 11.2 Å². The molecule has 0 aliphatic heterocycles.